The Balaban J connectivity index is 1.83. The summed E-state index contributed by atoms with van der Waals surface area (Å²) in [4.78, 5) is 0.454. The first kappa shape index (κ1) is 21.0. The topological polar surface area (TPSA) is 80.8 Å². The Morgan fingerprint density at radius 3 is 2.04 bits per heavy atom. The standard InChI is InChI=1S/C20H25NO5S2/c1-15-4-7-18(8-5-15)27(22,23)21-12-10-17(11-13-21)19-14-16(2)6-9-20(19)28(24,25)26-3/h4-9,14,17H,10-13H2,1-3H3. The molecular weight excluding hydrogens is 398 g/mol. The van der Waals surface area contributed by atoms with E-state index in [1.54, 1.807) is 36.4 Å². The molecule has 28 heavy (non-hydrogen) atoms. The van der Waals surface area contributed by atoms with Crippen LogP contribution in [0.3, 0.4) is 0 Å². The molecule has 1 aliphatic rings. The summed E-state index contributed by atoms with van der Waals surface area (Å²) in [6.45, 7) is 4.52. The quantitative estimate of drug-likeness (QED) is 0.690. The predicted molar refractivity (Wildman–Crippen MR) is 107 cm³/mol. The van der Waals surface area contributed by atoms with Crippen LogP contribution in [-0.2, 0) is 24.3 Å². The summed E-state index contributed by atoms with van der Waals surface area (Å²) in [6, 6.07) is 12.0. The molecule has 0 N–H and O–H groups in total. The van der Waals surface area contributed by atoms with E-state index in [-0.39, 0.29) is 15.7 Å². The highest BCUT2D eigenvalue weighted by Gasteiger charge is 2.32. The molecular formula is C20H25NO5S2. The molecule has 0 aromatic heterocycles. The van der Waals surface area contributed by atoms with Crippen molar-refractivity contribution in [2.75, 3.05) is 20.2 Å². The van der Waals surface area contributed by atoms with E-state index >= 15 is 0 Å². The number of piperidine rings is 1. The zero-order chi connectivity index (χ0) is 20.5. The van der Waals surface area contributed by atoms with Gasteiger partial charge in [0.2, 0.25) is 10.0 Å². The van der Waals surface area contributed by atoms with Gasteiger partial charge in [-0.3, -0.25) is 4.18 Å². The third-order valence-corrected chi connectivity index (χ3v) is 8.47. The van der Waals surface area contributed by atoms with Crippen molar-refractivity contribution in [1.82, 2.24) is 4.31 Å². The van der Waals surface area contributed by atoms with E-state index in [9.17, 15) is 16.8 Å². The van der Waals surface area contributed by atoms with Crippen LogP contribution in [0.5, 0.6) is 0 Å². The highest BCUT2D eigenvalue weighted by atomic mass is 32.2. The minimum Gasteiger partial charge on any atom is -0.270 e. The molecule has 0 radical (unpaired) electrons. The first-order valence-corrected chi connectivity index (χ1v) is 12.0. The number of rotatable bonds is 5. The third-order valence-electron chi connectivity index (χ3n) is 5.21. The first-order chi connectivity index (χ1) is 13.1. The van der Waals surface area contributed by atoms with E-state index in [0.29, 0.717) is 31.5 Å². The third kappa shape index (κ3) is 4.15. The average molecular weight is 424 g/mol. The Hall–Kier alpha value is -1.74. The van der Waals surface area contributed by atoms with Crippen LogP contribution in [0.1, 0.15) is 35.4 Å². The second-order valence-electron chi connectivity index (χ2n) is 7.15. The van der Waals surface area contributed by atoms with Gasteiger partial charge in [0.15, 0.2) is 0 Å². The van der Waals surface area contributed by atoms with Gasteiger partial charge in [0.05, 0.1) is 16.9 Å². The van der Waals surface area contributed by atoms with E-state index in [0.717, 1.165) is 18.2 Å². The Bertz CT molecular complexity index is 1050. The molecule has 0 bridgehead atoms. The van der Waals surface area contributed by atoms with Crippen molar-refractivity contribution in [2.45, 2.75) is 42.4 Å². The second-order valence-corrected chi connectivity index (χ2v) is 10.8. The number of nitrogens with zero attached hydrogens (tertiary/aromatic N) is 1. The molecule has 8 heteroatoms. The lowest BCUT2D eigenvalue weighted by molar-refractivity contribution is 0.316. The lowest BCUT2D eigenvalue weighted by Gasteiger charge is -2.32. The van der Waals surface area contributed by atoms with Gasteiger partial charge in [-0.05, 0) is 56.4 Å². The van der Waals surface area contributed by atoms with Gasteiger partial charge in [0.25, 0.3) is 10.1 Å². The summed E-state index contributed by atoms with van der Waals surface area (Å²) < 4.78 is 56.5. The summed E-state index contributed by atoms with van der Waals surface area (Å²) in [5, 5.41) is 0. The van der Waals surface area contributed by atoms with Crippen molar-refractivity contribution < 1.29 is 21.0 Å². The fourth-order valence-electron chi connectivity index (χ4n) is 3.57. The number of benzene rings is 2. The van der Waals surface area contributed by atoms with Gasteiger partial charge >= 0.3 is 0 Å². The monoisotopic (exact) mass is 423 g/mol. The van der Waals surface area contributed by atoms with Crippen LogP contribution in [0, 0.1) is 13.8 Å². The molecule has 152 valence electrons. The van der Waals surface area contributed by atoms with Crippen molar-refractivity contribution in [3.8, 4) is 0 Å². The fraction of sp³-hybridized carbons (Fsp3) is 0.400. The van der Waals surface area contributed by atoms with E-state index in [1.165, 1.54) is 4.31 Å². The Morgan fingerprint density at radius 2 is 1.46 bits per heavy atom. The summed E-state index contributed by atoms with van der Waals surface area (Å²) in [5.74, 6) is -0.0377. The molecule has 6 nitrogen and oxygen atoms in total. The normalized spacial score (nSPS) is 17.0. The van der Waals surface area contributed by atoms with Crippen molar-refractivity contribution in [2.24, 2.45) is 0 Å². The molecule has 0 saturated carbocycles. The minimum absolute atomic E-state index is 0.0377. The van der Waals surface area contributed by atoms with Gasteiger partial charge < -0.3 is 0 Å². The maximum absolute atomic E-state index is 12.9. The van der Waals surface area contributed by atoms with Crippen LogP contribution < -0.4 is 0 Å². The zero-order valence-electron chi connectivity index (χ0n) is 16.3. The molecule has 0 aliphatic carbocycles. The van der Waals surface area contributed by atoms with Gasteiger partial charge in [0.1, 0.15) is 0 Å². The predicted octanol–water partition coefficient (Wildman–Crippen LogP) is 3.21. The van der Waals surface area contributed by atoms with Crippen molar-refractivity contribution in [3.05, 3.63) is 59.2 Å². The van der Waals surface area contributed by atoms with Gasteiger partial charge in [-0.2, -0.15) is 12.7 Å². The summed E-state index contributed by atoms with van der Waals surface area (Å²) in [5.41, 5.74) is 2.66. The molecule has 1 heterocycles. The second kappa shape index (κ2) is 7.94. The SMILES string of the molecule is COS(=O)(=O)c1ccc(C)cc1C1CCN(S(=O)(=O)c2ccc(C)cc2)CC1. The number of aryl methyl sites for hydroxylation is 2. The van der Waals surface area contributed by atoms with E-state index in [1.807, 2.05) is 19.9 Å². The van der Waals surface area contributed by atoms with Crippen molar-refractivity contribution in [1.29, 1.82) is 0 Å². The van der Waals surface area contributed by atoms with Crippen LogP contribution in [0.15, 0.2) is 52.3 Å². The lowest BCUT2D eigenvalue weighted by Crippen LogP contribution is -2.38. The molecule has 2 aromatic carbocycles. The van der Waals surface area contributed by atoms with E-state index < -0.39 is 20.1 Å². The van der Waals surface area contributed by atoms with Crippen LogP contribution in [-0.4, -0.2) is 41.3 Å². The smallest absolute Gasteiger partial charge is 0.270 e. The highest BCUT2D eigenvalue weighted by molar-refractivity contribution is 7.89. The molecule has 0 unspecified atom stereocenters. The van der Waals surface area contributed by atoms with Crippen LogP contribution in [0.4, 0.5) is 0 Å². The zero-order valence-corrected chi connectivity index (χ0v) is 17.9. The van der Waals surface area contributed by atoms with Gasteiger partial charge in [-0.25, -0.2) is 8.42 Å². The maximum atomic E-state index is 12.9. The Kier molecular flexibility index (Phi) is 5.95. The summed E-state index contributed by atoms with van der Waals surface area (Å²) in [6.07, 6.45) is 1.11. The van der Waals surface area contributed by atoms with Crippen molar-refractivity contribution in [3.63, 3.8) is 0 Å². The highest BCUT2D eigenvalue weighted by Crippen LogP contribution is 2.35. The summed E-state index contributed by atoms with van der Waals surface area (Å²) in [7, 11) is -6.21. The Labute approximate surface area is 167 Å². The van der Waals surface area contributed by atoms with Crippen LogP contribution in [0.2, 0.25) is 0 Å². The average Bonchev–Trinajstić information content (AvgIpc) is 2.68. The van der Waals surface area contributed by atoms with Crippen molar-refractivity contribution >= 4 is 20.1 Å². The molecule has 1 aliphatic heterocycles. The molecule has 0 atom stereocenters. The lowest BCUT2D eigenvalue weighted by atomic mass is 9.89. The fourth-order valence-corrected chi connectivity index (χ4v) is 5.97. The van der Waals surface area contributed by atoms with Gasteiger partial charge in [-0.15, -0.1) is 0 Å². The van der Waals surface area contributed by atoms with Crippen LogP contribution >= 0.6 is 0 Å². The van der Waals surface area contributed by atoms with Crippen LogP contribution in [0.25, 0.3) is 0 Å². The number of hydrogen-bond donors (Lipinski definition) is 0. The van der Waals surface area contributed by atoms with E-state index in [4.69, 9.17) is 4.18 Å². The summed E-state index contributed by atoms with van der Waals surface area (Å²) >= 11 is 0. The van der Waals surface area contributed by atoms with Gasteiger partial charge in [0, 0.05) is 13.1 Å². The minimum atomic E-state index is -3.82. The molecule has 0 spiro atoms. The maximum Gasteiger partial charge on any atom is 0.296 e. The molecule has 1 saturated heterocycles. The number of hydrogen-bond acceptors (Lipinski definition) is 5. The van der Waals surface area contributed by atoms with Gasteiger partial charge in [-0.1, -0.05) is 35.4 Å². The molecule has 0 amide bonds. The number of sulfonamides is 1. The largest absolute Gasteiger partial charge is 0.296 e. The molecule has 1 fully saturated rings. The van der Waals surface area contributed by atoms with E-state index in [2.05, 4.69) is 0 Å². The Morgan fingerprint density at radius 1 is 0.893 bits per heavy atom. The molecule has 3 rings (SSSR count). The first-order valence-electron chi connectivity index (χ1n) is 9.13. The molecule has 2 aromatic rings.